The Hall–Kier alpha value is -3.42. The molecule has 6 nitrogen and oxygen atoms in total. The molecule has 2 aliphatic rings. The minimum Gasteiger partial charge on any atom is -0.311 e. The second-order valence-corrected chi connectivity index (χ2v) is 10.8. The maximum atomic E-state index is 13.3. The fraction of sp³-hybridized carbons (Fsp3) is 0.280. The van der Waals surface area contributed by atoms with E-state index in [2.05, 4.69) is 0 Å². The molecule has 1 saturated heterocycles. The minimum absolute atomic E-state index is 0.0419. The monoisotopic (exact) mass is 499 g/mol. The highest BCUT2D eigenvalue weighted by Gasteiger charge is 2.40. The van der Waals surface area contributed by atoms with Crippen LogP contribution in [0.1, 0.15) is 29.2 Å². The first-order chi connectivity index (χ1) is 16.6. The van der Waals surface area contributed by atoms with E-state index in [-0.39, 0.29) is 58.6 Å². The van der Waals surface area contributed by atoms with Crippen molar-refractivity contribution in [3.8, 4) is 17.2 Å². The number of hydrogen-bond donors (Lipinski definition) is 0. The highest BCUT2D eigenvalue weighted by molar-refractivity contribution is 7.89. The van der Waals surface area contributed by atoms with Crippen molar-refractivity contribution in [2.45, 2.75) is 30.0 Å². The molecule has 0 amide bonds. The Balaban J connectivity index is 1.50. The molecule has 0 spiro atoms. The van der Waals surface area contributed by atoms with Crippen LogP contribution < -0.4 is 5.56 Å². The average molecular weight is 500 g/mol. The topological polar surface area (TPSA) is 83.2 Å². The number of piperidine rings is 1. The summed E-state index contributed by atoms with van der Waals surface area (Å²) in [4.78, 5) is 13.3. The largest absolute Gasteiger partial charge is 0.416 e. The molecule has 2 bridgehead atoms. The molecule has 10 heteroatoms. The molecule has 0 radical (unpaired) electrons. The number of benzene rings is 2. The van der Waals surface area contributed by atoms with Crippen molar-refractivity contribution in [3.05, 3.63) is 87.8 Å². The predicted octanol–water partition coefficient (Wildman–Crippen LogP) is 4.21. The van der Waals surface area contributed by atoms with Crippen LogP contribution in [0.4, 0.5) is 13.2 Å². The van der Waals surface area contributed by atoms with E-state index in [0.717, 1.165) is 12.1 Å². The predicted molar refractivity (Wildman–Crippen MR) is 122 cm³/mol. The highest BCUT2D eigenvalue weighted by Crippen LogP contribution is 2.38. The molecule has 2 aliphatic heterocycles. The zero-order valence-corrected chi connectivity index (χ0v) is 19.2. The van der Waals surface area contributed by atoms with Gasteiger partial charge in [-0.1, -0.05) is 24.3 Å². The van der Waals surface area contributed by atoms with Crippen molar-refractivity contribution in [1.82, 2.24) is 8.87 Å². The van der Waals surface area contributed by atoms with E-state index >= 15 is 0 Å². The maximum Gasteiger partial charge on any atom is 0.416 e. The quantitative estimate of drug-likeness (QED) is 0.541. The molecule has 3 aromatic rings. The van der Waals surface area contributed by atoms with Crippen molar-refractivity contribution < 1.29 is 21.6 Å². The van der Waals surface area contributed by atoms with Crippen LogP contribution in [0.3, 0.4) is 0 Å². The normalized spacial score (nSPS) is 20.2. The third-order valence-corrected chi connectivity index (χ3v) is 8.59. The summed E-state index contributed by atoms with van der Waals surface area (Å²) in [6, 6.07) is 15.9. The number of alkyl halides is 3. The summed E-state index contributed by atoms with van der Waals surface area (Å²) in [7, 11) is -3.91. The number of rotatable bonds is 3. The molecule has 0 aliphatic carbocycles. The summed E-state index contributed by atoms with van der Waals surface area (Å²) in [5, 5.41) is 9.35. The van der Waals surface area contributed by atoms with Gasteiger partial charge in [0.2, 0.25) is 10.0 Å². The van der Waals surface area contributed by atoms with Crippen LogP contribution in [0.25, 0.3) is 11.1 Å². The second kappa shape index (κ2) is 8.36. The lowest BCUT2D eigenvalue weighted by molar-refractivity contribution is -0.137. The molecular weight excluding hydrogens is 479 g/mol. The lowest BCUT2D eigenvalue weighted by Gasteiger charge is -2.42. The molecule has 0 unspecified atom stereocenters. The molecule has 1 fully saturated rings. The van der Waals surface area contributed by atoms with Crippen molar-refractivity contribution >= 4 is 10.0 Å². The first-order valence-corrected chi connectivity index (χ1v) is 12.4. The van der Waals surface area contributed by atoms with Gasteiger partial charge in [-0.2, -0.15) is 22.7 Å². The van der Waals surface area contributed by atoms with Crippen LogP contribution in [0, 0.1) is 17.2 Å². The minimum atomic E-state index is -4.52. The van der Waals surface area contributed by atoms with Crippen molar-refractivity contribution in [2.24, 2.45) is 5.92 Å². The SMILES string of the molecule is N#Cc1ccccc1S(=O)(=O)N1C[C@H]2C[C@H](C1)c1ccc(-c3cccc(C(F)(F)F)c3)c(=O)n1C2. The number of sulfonamides is 1. The van der Waals surface area contributed by atoms with Gasteiger partial charge in [-0.15, -0.1) is 0 Å². The van der Waals surface area contributed by atoms with Gasteiger partial charge in [-0.05, 0) is 54.3 Å². The highest BCUT2D eigenvalue weighted by atomic mass is 32.2. The molecule has 2 atom stereocenters. The van der Waals surface area contributed by atoms with Crippen LogP contribution in [0.5, 0.6) is 0 Å². The first kappa shape index (κ1) is 23.3. The molecule has 180 valence electrons. The lowest BCUT2D eigenvalue weighted by Crippen LogP contribution is -2.49. The van der Waals surface area contributed by atoms with Gasteiger partial charge >= 0.3 is 6.18 Å². The number of pyridine rings is 1. The van der Waals surface area contributed by atoms with Crippen LogP contribution in [-0.4, -0.2) is 30.4 Å². The zero-order valence-electron chi connectivity index (χ0n) is 18.4. The number of aromatic nitrogens is 1. The summed E-state index contributed by atoms with van der Waals surface area (Å²) >= 11 is 0. The van der Waals surface area contributed by atoms with E-state index in [9.17, 15) is 31.6 Å². The Kier molecular flexibility index (Phi) is 5.57. The molecule has 2 aromatic carbocycles. The van der Waals surface area contributed by atoms with E-state index < -0.39 is 21.8 Å². The van der Waals surface area contributed by atoms with Gasteiger partial charge in [-0.3, -0.25) is 4.79 Å². The van der Waals surface area contributed by atoms with Gasteiger partial charge in [0, 0.05) is 36.8 Å². The standard InChI is InChI=1S/C25H20F3N3O3S/c26-25(27,28)20-6-3-5-17(11-20)21-8-9-22-19-10-16(14-31(22)24(21)32)13-30(15-19)35(33,34)23-7-2-1-4-18(23)12-29/h1-9,11,16,19H,10,13-15H2/t16-,19-/m1/s1. The fourth-order valence-electron chi connectivity index (χ4n) is 5.10. The first-order valence-electron chi connectivity index (χ1n) is 11.0. The smallest absolute Gasteiger partial charge is 0.311 e. The third-order valence-electron chi connectivity index (χ3n) is 6.70. The van der Waals surface area contributed by atoms with Gasteiger partial charge in [0.05, 0.1) is 16.0 Å². The number of hydrogen-bond acceptors (Lipinski definition) is 4. The van der Waals surface area contributed by atoms with E-state index in [1.807, 2.05) is 6.07 Å². The van der Waals surface area contributed by atoms with Gasteiger partial charge in [0.25, 0.3) is 5.56 Å². The lowest BCUT2D eigenvalue weighted by atomic mass is 9.84. The number of nitrogens with zero attached hydrogens (tertiary/aromatic N) is 3. The van der Waals surface area contributed by atoms with Crippen LogP contribution >= 0.6 is 0 Å². The summed E-state index contributed by atoms with van der Waals surface area (Å²) < 4.78 is 69.1. The Morgan fingerprint density at radius 3 is 2.49 bits per heavy atom. The summed E-state index contributed by atoms with van der Waals surface area (Å²) in [5.41, 5.74) is -0.114. The second-order valence-electron chi connectivity index (χ2n) is 8.89. The van der Waals surface area contributed by atoms with Crippen molar-refractivity contribution in [2.75, 3.05) is 13.1 Å². The summed E-state index contributed by atoms with van der Waals surface area (Å²) in [6.45, 7) is 0.614. The number of halogens is 3. The average Bonchev–Trinajstić information content (AvgIpc) is 2.84. The number of fused-ring (bicyclic) bond motifs is 4. The van der Waals surface area contributed by atoms with Gasteiger partial charge in [-0.25, -0.2) is 8.42 Å². The molecule has 0 saturated carbocycles. The van der Waals surface area contributed by atoms with Crippen LogP contribution in [0.15, 0.2) is 70.4 Å². The van der Waals surface area contributed by atoms with Crippen molar-refractivity contribution in [3.63, 3.8) is 0 Å². The van der Waals surface area contributed by atoms with E-state index in [4.69, 9.17) is 0 Å². The zero-order chi connectivity index (χ0) is 25.0. The summed E-state index contributed by atoms with van der Waals surface area (Å²) in [5.74, 6) is -0.380. The van der Waals surface area contributed by atoms with Crippen molar-refractivity contribution in [1.29, 1.82) is 5.26 Å². The maximum absolute atomic E-state index is 13.3. The molecule has 0 N–H and O–H groups in total. The Morgan fingerprint density at radius 2 is 1.74 bits per heavy atom. The third kappa shape index (κ3) is 4.05. The molecule has 35 heavy (non-hydrogen) atoms. The molecule has 1 aromatic heterocycles. The number of nitriles is 1. The van der Waals surface area contributed by atoms with Crippen LogP contribution in [-0.2, 0) is 22.7 Å². The van der Waals surface area contributed by atoms with Crippen LogP contribution in [0.2, 0.25) is 0 Å². The van der Waals surface area contributed by atoms with E-state index in [1.165, 1.54) is 34.6 Å². The Bertz CT molecular complexity index is 1520. The summed E-state index contributed by atoms with van der Waals surface area (Å²) in [6.07, 6.45) is -3.81. The molecular formula is C25H20F3N3O3S. The van der Waals surface area contributed by atoms with Gasteiger partial charge < -0.3 is 4.57 Å². The van der Waals surface area contributed by atoms with E-state index in [1.54, 1.807) is 22.8 Å². The Morgan fingerprint density at radius 1 is 0.971 bits per heavy atom. The fourth-order valence-corrected chi connectivity index (χ4v) is 6.81. The Labute approximate surface area is 199 Å². The van der Waals surface area contributed by atoms with Gasteiger partial charge in [0.15, 0.2) is 0 Å². The van der Waals surface area contributed by atoms with Gasteiger partial charge in [0.1, 0.15) is 6.07 Å². The molecule has 5 rings (SSSR count). The molecule has 3 heterocycles. The van der Waals surface area contributed by atoms with E-state index in [0.29, 0.717) is 12.1 Å².